The minimum Gasteiger partial charge on any atom is -0.467 e. The third kappa shape index (κ3) is 5.71. The van der Waals surface area contributed by atoms with Crippen molar-refractivity contribution in [3.05, 3.63) is 48.8 Å². The highest BCUT2D eigenvalue weighted by atomic mass is 35.5. The lowest BCUT2D eigenvalue weighted by Crippen LogP contribution is -2.61. The number of nitrogens with zero attached hydrogens (tertiary/aromatic N) is 11. The second-order valence-corrected chi connectivity index (χ2v) is 9.95. The molecule has 15 heteroatoms. The van der Waals surface area contributed by atoms with Gasteiger partial charge < -0.3 is 15.0 Å². The first-order chi connectivity index (χ1) is 19.8. The molecule has 0 atom stereocenters. The average molecular weight is 575 g/mol. The summed E-state index contributed by atoms with van der Waals surface area (Å²) in [7, 11) is 4.86. The van der Waals surface area contributed by atoms with Crippen LogP contribution < -0.4 is 15.0 Å². The van der Waals surface area contributed by atoms with Crippen molar-refractivity contribution in [1.29, 1.82) is 5.26 Å². The van der Waals surface area contributed by atoms with Crippen molar-refractivity contribution in [2.24, 2.45) is 0 Å². The van der Waals surface area contributed by atoms with Gasteiger partial charge in [-0.25, -0.2) is 29.7 Å². The highest BCUT2D eigenvalue weighted by molar-refractivity contribution is 6.14. The molecule has 1 fully saturated rings. The fourth-order valence-electron chi connectivity index (χ4n) is 4.74. The van der Waals surface area contributed by atoms with E-state index in [1.807, 2.05) is 0 Å². The quantitative estimate of drug-likeness (QED) is 0.320. The van der Waals surface area contributed by atoms with E-state index in [-0.39, 0.29) is 23.6 Å². The fraction of sp³-hybridized carbons (Fsp3) is 0.346. The van der Waals surface area contributed by atoms with Crippen LogP contribution in [0, 0.1) is 11.3 Å². The normalized spacial score (nSPS) is 14.1. The summed E-state index contributed by atoms with van der Waals surface area (Å²) in [4.78, 5) is 43.3. The standard InChI is InChI=1S/C26H27ClN12O2/c1-37(2)25(40)39(21-16-29-20(15-30-21)18-13-32-24(41-3)33-14-18)26(8-5-4-6-9-26)35-23-31-12-17(11-28)22(34-23)19-7-10-38(27)36-19/h7,10,12-16H,4-6,8-9H2,1-3H3,(H,31,34,35). The zero-order valence-corrected chi connectivity index (χ0v) is 23.4. The Morgan fingerprint density at radius 3 is 2.39 bits per heavy atom. The summed E-state index contributed by atoms with van der Waals surface area (Å²) >= 11 is 5.95. The van der Waals surface area contributed by atoms with Crippen molar-refractivity contribution in [2.45, 2.75) is 37.8 Å². The van der Waals surface area contributed by atoms with Crippen LogP contribution in [0.5, 0.6) is 6.01 Å². The van der Waals surface area contributed by atoms with Gasteiger partial charge in [-0.1, -0.05) is 6.42 Å². The predicted octanol–water partition coefficient (Wildman–Crippen LogP) is 3.73. The van der Waals surface area contributed by atoms with Crippen molar-refractivity contribution in [3.63, 3.8) is 0 Å². The third-order valence-electron chi connectivity index (χ3n) is 6.71. The zero-order valence-electron chi connectivity index (χ0n) is 22.7. The lowest BCUT2D eigenvalue weighted by atomic mass is 9.87. The number of hydrogen-bond acceptors (Lipinski definition) is 11. The second kappa shape index (κ2) is 11.7. The zero-order chi connectivity index (χ0) is 29.0. The minimum absolute atomic E-state index is 0.238. The van der Waals surface area contributed by atoms with Crippen LogP contribution in [0.3, 0.4) is 0 Å². The van der Waals surface area contributed by atoms with Gasteiger partial charge in [0.15, 0.2) is 5.82 Å². The molecule has 4 aromatic rings. The van der Waals surface area contributed by atoms with Crippen molar-refractivity contribution < 1.29 is 9.53 Å². The first-order valence-electron chi connectivity index (χ1n) is 12.8. The molecular weight excluding hydrogens is 548 g/mol. The lowest BCUT2D eigenvalue weighted by Gasteiger charge is -2.46. The van der Waals surface area contributed by atoms with Crippen LogP contribution in [0.15, 0.2) is 43.2 Å². The Bertz CT molecular complexity index is 1560. The molecule has 0 unspecified atom stereocenters. The molecule has 0 bridgehead atoms. The van der Waals surface area contributed by atoms with Crippen LogP contribution in [0.1, 0.15) is 37.7 Å². The van der Waals surface area contributed by atoms with Crippen LogP contribution in [-0.4, -0.2) is 77.0 Å². The summed E-state index contributed by atoms with van der Waals surface area (Å²) in [5.41, 5.74) is 1.26. The summed E-state index contributed by atoms with van der Waals surface area (Å²) < 4.78 is 6.14. The highest BCUT2D eigenvalue weighted by Crippen LogP contribution is 2.37. The Kier molecular flexibility index (Phi) is 7.88. The molecule has 0 spiro atoms. The number of hydrogen-bond donors (Lipinski definition) is 1. The lowest BCUT2D eigenvalue weighted by molar-refractivity contribution is 0.208. The van der Waals surface area contributed by atoms with Gasteiger partial charge in [0.2, 0.25) is 5.95 Å². The van der Waals surface area contributed by atoms with Gasteiger partial charge in [-0.05, 0) is 31.7 Å². The van der Waals surface area contributed by atoms with Gasteiger partial charge in [-0.2, -0.15) is 14.6 Å². The van der Waals surface area contributed by atoms with Crippen LogP contribution in [0.25, 0.3) is 22.6 Å². The average Bonchev–Trinajstić information content (AvgIpc) is 3.44. The summed E-state index contributed by atoms with van der Waals surface area (Å²) in [5.74, 6) is 0.590. The largest absolute Gasteiger partial charge is 0.467 e. The molecule has 0 aliphatic heterocycles. The number of nitrogens with one attached hydrogen (secondary N) is 1. The molecule has 1 N–H and O–H groups in total. The van der Waals surface area contributed by atoms with Gasteiger partial charge >= 0.3 is 12.0 Å². The van der Waals surface area contributed by atoms with E-state index in [1.54, 1.807) is 56.0 Å². The summed E-state index contributed by atoms with van der Waals surface area (Å²) in [6.45, 7) is 0. The molecule has 4 aromatic heterocycles. The minimum atomic E-state index is -0.920. The molecule has 210 valence electrons. The summed E-state index contributed by atoms with van der Waals surface area (Å²) in [6.07, 6.45) is 13.2. The fourth-order valence-corrected chi connectivity index (χ4v) is 4.87. The van der Waals surface area contributed by atoms with E-state index < -0.39 is 5.66 Å². The van der Waals surface area contributed by atoms with E-state index in [0.717, 1.165) is 23.5 Å². The van der Waals surface area contributed by atoms with E-state index in [9.17, 15) is 10.1 Å². The third-order valence-corrected chi connectivity index (χ3v) is 6.90. The monoisotopic (exact) mass is 574 g/mol. The number of rotatable bonds is 7. The molecule has 0 radical (unpaired) electrons. The van der Waals surface area contributed by atoms with Gasteiger partial charge in [-0.15, -0.1) is 0 Å². The molecule has 1 saturated carbocycles. The predicted molar refractivity (Wildman–Crippen MR) is 150 cm³/mol. The molecular formula is C26H27ClN12O2. The Morgan fingerprint density at radius 2 is 1.80 bits per heavy atom. The summed E-state index contributed by atoms with van der Waals surface area (Å²) in [6, 6.07) is 3.71. The van der Waals surface area contributed by atoms with Crippen molar-refractivity contribution in [1.82, 2.24) is 44.1 Å². The molecule has 4 heterocycles. The van der Waals surface area contributed by atoms with E-state index in [2.05, 4.69) is 46.4 Å². The molecule has 5 rings (SSSR count). The van der Waals surface area contributed by atoms with Crippen LogP contribution in [0.4, 0.5) is 16.6 Å². The van der Waals surface area contributed by atoms with Gasteiger partial charge in [0.25, 0.3) is 0 Å². The number of anilines is 2. The van der Waals surface area contributed by atoms with Crippen LogP contribution in [-0.2, 0) is 0 Å². The number of carbonyl (C=O) groups is 1. The highest BCUT2D eigenvalue weighted by Gasteiger charge is 2.44. The van der Waals surface area contributed by atoms with Crippen LogP contribution >= 0.6 is 11.8 Å². The maximum Gasteiger partial charge on any atom is 0.327 e. The Morgan fingerprint density at radius 1 is 1.05 bits per heavy atom. The Labute approximate surface area is 241 Å². The van der Waals surface area contributed by atoms with Gasteiger partial charge in [-0.3, -0.25) is 9.88 Å². The molecule has 2 amide bonds. The van der Waals surface area contributed by atoms with E-state index in [0.29, 0.717) is 41.3 Å². The summed E-state index contributed by atoms with van der Waals surface area (Å²) in [5, 5.41) is 17.3. The number of halogens is 1. The SMILES string of the molecule is COc1ncc(-c2cnc(N(C(=O)N(C)C)C3(Nc4ncc(C#N)c(-c5ccn(Cl)n5)n4)CCCCC3)cn2)cn1. The van der Waals surface area contributed by atoms with Crippen molar-refractivity contribution in [3.8, 4) is 34.7 Å². The first-order valence-corrected chi connectivity index (χ1v) is 13.1. The van der Waals surface area contributed by atoms with Gasteiger partial charge in [0, 0.05) is 50.0 Å². The van der Waals surface area contributed by atoms with Crippen molar-refractivity contribution in [2.75, 3.05) is 31.4 Å². The molecule has 0 aromatic carbocycles. The van der Waals surface area contributed by atoms with E-state index in [1.165, 1.54) is 18.2 Å². The second-order valence-electron chi connectivity index (χ2n) is 9.61. The maximum atomic E-state index is 13.8. The van der Waals surface area contributed by atoms with Gasteiger partial charge in [0.05, 0.1) is 37.0 Å². The van der Waals surface area contributed by atoms with E-state index >= 15 is 0 Å². The number of carbonyl (C=O) groups excluding carboxylic acids is 1. The number of aromatic nitrogens is 8. The number of ether oxygens (including phenoxy) is 1. The van der Waals surface area contributed by atoms with E-state index in [4.69, 9.17) is 16.5 Å². The Hall–Kier alpha value is -4.90. The maximum absolute atomic E-state index is 13.8. The number of methoxy groups -OCH3 is 1. The molecule has 1 aliphatic carbocycles. The smallest absolute Gasteiger partial charge is 0.327 e. The molecule has 14 nitrogen and oxygen atoms in total. The van der Waals surface area contributed by atoms with Crippen LogP contribution in [0.2, 0.25) is 0 Å². The number of nitriles is 1. The Balaban J connectivity index is 1.54. The molecule has 41 heavy (non-hydrogen) atoms. The molecule has 1 aliphatic rings. The van der Waals surface area contributed by atoms with Gasteiger partial charge in [0.1, 0.15) is 23.1 Å². The number of urea groups is 1. The first kappa shape index (κ1) is 27.7. The number of amides is 2. The topological polar surface area (TPSA) is 164 Å². The molecule has 0 saturated heterocycles. The van der Waals surface area contributed by atoms with Crippen molar-refractivity contribution >= 4 is 29.6 Å².